The van der Waals surface area contributed by atoms with Gasteiger partial charge < -0.3 is 10.4 Å². The Morgan fingerprint density at radius 1 is 1.40 bits per heavy atom. The summed E-state index contributed by atoms with van der Waals surface area (Å²) in [5, 5.41) is 12.4. The minimum atomic E-state index is -1.16. The van der Waals surface area contributed by atoms with Crippen molar-refractivity contribution < 1.29 is 14.7 Å². The molecule has 20 heavy (non-hydrogen) atoms. The third-order valence-electron chi connectivity index (χ3n) is 2.59. The van der Waals surface area contributed by atoms with Gasteiger partial charge in [-0.15, -0.1) is 11.3 Å². The molecule has 7 heteroatoms. The third kappa shape index (κ3) is 3.39. The first-order chi connectivity index (χ1) is 9.60. The lowest BCUT2D eigenvalue weighted by atomic mass is 10.2. The molecule has 2 rings (SSSR count). The molecule has 0 saturated heterocycles. The van der Waals surface area contributed by atoms with Crippen molar-refractivity contribution in [3.05, 3.63) is 45.7 Å². The van der Waals surface area contributed by atoms with Gasteiger partial charge in [0.1, 0.15) is 10.7 Å². The Morgan fingerprint density at radius 2 is 2.20 bits per heavy atom. The highest BCUT2D eigenvalue weighted by Crippen LogP contribution is 2.13. The molecule has 2 aromatic rings. The van der Waals surface area contributed by atoms with Crippen molar-refractivity contribution in [3.8, 4) is 0 Å². The second-order valence-corrected chi connectivity index (χ2v) is 5.19. The van der Waals surface area contributed by atoms with Gasteiger partial charge in [-0.25, -0.2) is 14.8 Å². The summed E-state index contributed by atoms with van der Waals surface area (Å²) >= 11 is 1.55. The average Bonchev–Trinajstić information content (AvgIpc) is 2.93. The van der Waals surface area contributed by atoms with E-state index in [2.05, 4.69) is 15.3 Å². The lowest BCUT2D eigenvalue weighted by molar-refractivity contribution is 0.0690. The first-order valence-electron chi connectivity index (χ1n) is 6.01. The molecule has 0 bridgehead atoms. The van der Waals surface area contributed by atoms with Crippen molar-refractivity contribution in [2.75, 3.05) is 0 Å². The van der Waals surface area contributed by atoms with Crippen LogP contribution in [-0.4, -0.2) is 27.0 Å². The van der Waals surface area contributed by atoms with Crippen molar-refractivity contribution in [1.82, 2.24) is 15.3 Å². The zero-order valence-corrected chi connectivity index (χ0v) is 11.6. The van der Waals surface area contributed by atoms with Gasteiger partial charge in [-0.3, -0.25) is 4.79 Å². The molecule has 0 aliphatic rings. The molecular formula is C13H13N3O3S. The van der Waals surface area contributed by atoms with Gasteiger partial charge in [0.2, 0.25) is 0 Å². The second-order valence-electron chi connectivity index (χ2n) is 3.99. The molecule has 0 aromatic carbocycles. The SMILES string of the molecule is CCc1cnc(CNC(=O)c2ccnc(C(=O)O)c2)s1. The molecule has 1 amide bonds. The van der Waals surface area contributed by atoms with Gasteiger partial charge in [0.15, 0.2) is 0 Å². The lowest BCUT2D eigenvalue weighted by Crippen LogP contribution is -2.23. The van der Waals surface area contributed by atoms with Crippen LogP contribution in [0, 0.1) is 0 Å². The van der Waals surface area contributed by atoms with E-state index < -0.39 is 5.97 Å². The van der Waals surface area contributed by atoms with Crippen molar-refractivity contribution in [2.45, 2.75) is 19.9 Å². The number of aromatic nitrogens is 2. The molecule has 0 aliphatic heterocycles. The Bertz CT molecular complexity index is 639. The number of aryl methyl sites for hydroxylation is 1. The zero-order chi connectivity index (χ0) is 14.5. The summed E-state index contributed by atoms with van der Waals surface area (Å²) in [5.41, 5.74) is 0.116. The maximum atomic E-state index is 11.9. The summed E-state index contributed by atoms with van der Waals surface area (Å²) in [6, 6.07) is 2.72. The average molecular weight is 291 g/mol. The van der Waals surface area contributed by atoms with Gasteiger partial charge in [0.05, 0.1) is 6.54 Å². The summed E-state index contributed by atoms with van der Waals surface area (Å²) in [5.74, 6) is -1.50. The van der Waals surface area contributed by atoms with Crippen LogP contribution in [0.3, 0.4) is 0 Å². The number of hydrogen-bond donors (Lipinski definition) is 2. The van der Waals surface area contributed by atoms with Crippen LogP contribution >= 0.6 is 11.3 Å². The number of carbonyl (C=O) groups is 2. The van der Waals surface area contributed by atoms with E-state index in [1.165, 1.54) is 18.3 Å². The minimum Gasteiger partial charge on any atom is -0.477 e. The van der Waals surface area contributed by atoms with E-state index in [0.717, 1.165) is 16.3 Å². The summed E-state index contributed by atoms with van der Waals surface area (Å²) < 4.78 is 0. The Morgan fingerprint density at radius 3 is 2.85 bits per heavy atom. The number of thiazole rings is 1. The van der Waals surface area contributed by atoms with Crippen LogP contribution in [0.25, 0.3) is 0 Å². The van der Waals surface area contributed by atoms with Crippen LogP contribution in [-0.2, 0) is 13.0 Å². The van der Waals surface area contributed by atoms with Crippen LogP contribution in [0.2, 0.25) is 0 Å². The molecule has 2 N–H and O–H groups in total. The predicted octanol–water partition coefficient (Wildman–Crippen LogP) is 1.73. The molecule has 2 aromatic heterocycles. The fourth-order valence-corrected chi connectivity index (χ4v) is 2.34. The highest BCUT2D eigenvalue weighted by molar-refractivity contribution is 7.11. The lowest BCUT2D eigenvalue weighted by Gasteiger charge is -2.03. The Kier molecular flexibility index (Phi) is 4.41. The smallest absolute Gasteiger partial charge is 0.354 e. The number of pyridine rings is 1. The van der Waals surface area contributed by atoms with E-state index in [1.807, 2.05) is 6.92 Å². The van der Waals surface area contributed by atoms with Crippen LogP contribution < -0.4 is 5.32 Å². The summed E-state index contributed by atoms with van der Waals surface area (Å²) in [7, 11) is 0. The Labute approximate surface area is 119 Å². The second kappa shape index (κ2) is 6.25. The highest BCUT2D eigenvalue weighted by Gasteiger charge is 2.11. The van der Waals surface area contributed by atoms with Gasteiger partial charge in [-0.1, -0.05) is 6.92 Å². The van der Waals surface area contributed by atoms with Gasteiger partial charge in [-0.2, -0.15) is 0 Å². The van der Waals surface area contributed by atoms with E-state index in [-0.39, 0.29) is 17.2 Å². The number of amides is 1. The monoisotopic (exact) mass is 291 g/mol. The van der Waals surface area contributed by atoms with E-state index in [0.29, 0.717) is 6.54 Å². The summed E-state index contributed by atoms with van der Waals surface area (Å²) in [4.78, 5) is 31.7. The van der Waals surface area contributed by atoms with Crippen LogP contribution in [0.15, 0.2) is 24.5 Å². The maximum Gasteiger partial charge on any atom is 0.354 e. The summed E-state index contributed by atoms with van der Waals surface area (Å²) in [6.45, 7) is 2.37. The predicted molar refractivity (Wildman–Crippen MR) is 73.9 cm³/mol. The number of aromatic carboxylic acids is 1. The molecule has 0 atom stereocenters. The molecule has 0 fully saturated rings. The topological polar surface area (TPSA) is 92.2 Å². The van der Waals surface area contributed by atoms with Crippen molar-refractivity contribution >= 4 is 23.2 Å². The van der Waals surface area contributed by atoms with Crippen molar-refractivity contribution in [2.24, 2.45) is 0 Å². The molecule has 0 spiro atoms. The number of carboxylic acids is 1. The first kappa shape index (κ1) is 14.1. The summed E-state index contributed by atoms with van der Waals surface area (Å²) in [6.07, 6.45) is 4.01. The highest BCUT2D eigenvalue weighted by atomic mass is 32.1. The van der Waals surface area contributed by atoms with E-state index in [4.69, 9.17) is 5.11 Å². The molecule has 104 valence electrons. The molecule has 6 nitrogen and oxygen atoms in total. The minimum absolute atomic E-state index is 0.153. The Hall–Kier alpha value is -2.28. The van der Waals surface area contributed by atoms with E-state index in [9.17, 15) is 9.59 Å². The van der Waals surface area contributed by atoms with Crippen molar-refractivity contribution in [1.29, 1.82) is 0 Å². The first-order valence-corrected chi connectivity index (χ1v) is 6.83. The van der Waals surface area contributed by atoms with Crippen LogP contribution in [0.1, 0.15) is 37.7 Å². The standard InChI is InChI=1S/C13H13N3O3S/c1-2-9-6-15-11(20-9)7-16-12(17)8-3-4-14-10(5-8)13(18)19/h3-6H,2,7H2,1H3,(H,16,17)(H,18,19). The number of nitrogens with one attached hydrogen (secondary N) is 1. The number of carboxylic acid groups (broad SMARTS) is 1. The maximum absolute atomic E-state index is 11.9. The molecular weight excluding hydrogens is 278 g/mol. The zero-order valence-electron chi connectivity index (χ0n) is 10.8. The molecule has 0 unspecified atom stereocenters. The fraction of sp³-hybridized carbons (Fsp3) is 0.231. The molecule has 2 heterocycles. The number of nitrogens with zero attached hydrogens (tertiary/aromatic N) is 2. The van der Waals surface area contributed by atoms with Gasteiger partial charge in [0, 0.05) is 22.8 Å². The number of hydrogen-bond acceptors (Lipinski definition) is 5. The van der Waals surface area contributed by atoms with Gasteiger partial charge in [0.25, 0.3) is 5.91 Å². The van der Waals surface area contributed by atoms with E-state index >= 15 is 0 Å². The van der Waals surface area contributed by atoms with Gasteiger partial charge in [-0.05, 0) is 18.6 Å². The van der Waals surface area contributed by atoms with Crippen LogP contribution in [0.4, 0.5) is 0 Å². The van der Waals surface area contributed by atoms with E-state index in [1.54, 1.807) is 17.5 Å². The fourth-order valence-electron chi connectivity index (χ4n) is 1.54. The third-order valence-corrected chi connectivity index (χ3v) is 3.73. The normalized spacial score (nSPS) is 10.2. The molecule has 0 radical (unpaired) electrons. The molecule has 0 saturated carbocycles. The van der Waals surface area contributed by atoms with Gasteiger partial charge >= 0.3 is 5.97 Å². The van der Waals surface area contributed by atoms with Crippen LogP contribution in [0.5, 0.6) is 0 Å². The van der Waals surface area contributed by atoms with Crippen molar-refractivity contribution in [3.63, 3.8) is 0 Å². The molecule has 0 aliphatic carbocycles. The quantitative estimate of drug-likeness (QED) is 0.875. The number of rotatable bonds is 5. The largest absolute Gasteiger partial charge is 0.477 e. The number of carbonyl (C=O) groups excluding carboxylic acids is 1. The Balaban J connectivity index is 2.01.